The van der Waals surface area contributed by atoms with Gasteiger partial charge in [0, 0.05) is 13.1 Å². The SMILES string of the molecule is CC(C)(C)OC(=O)NCCN(CC(N)=O)CC(=O)O. The topological polar surface area (TPSA) is 122 Å². The van der Waals surface area contributed by atoms with E-state index in [1.165, 1.54) is 4.90 Å². The zero-order chi connectivity index (χ0) is 15.1. The molecule has 8 nitrogen and oxygen atoms in total. The van der Waals surface area contributed by atoms with Crippen LogP contribution in [-0.4, -0.2) is 59.8 Å². The van der Waals surface area contributed by atoms with Gasteiger partial charge in [-0.25, -0.2) is 4.79 Å². The Morgan fingerprint density at radius 1 is 1.26 bits per heavy atom. The van der Waals surface area contributed by atoms with Crippen LogP contribution in [0.1, 0.15) is 20.8 Å². The Morgan fingerprint density at radius 3 is 2.26 bits per heavy atom. The molecule has 0 atom stereocenters. The van der Waals surface area contributed by atoms with E-state index in [2.05, 4.69) is 5.32 Å². The minimum Gasteiger partial charge on any atom is -0.480 e. The molecule has 0 unspecified atom stereocenters. The fraction of sp³-hybridized carbons (Fsp3) is 0.727. The van der Waals surface area contributed by atoms with Crippen LogP contribution in [0.15, 0.2) is 0 Å². The quantitative estimate of drug-likeness (QED) is 0.569. The molecule has 0 aliphatic rings. The van der Waals surface area contributed by atoms with Crippen LogP contribution in [0.5, 0.6) is 0 Å². The lowest BCUT2D eigenvalue weighted by Crippen LogP contribution is -2.42. The van der Waals surface area contributed by atoms with Crippen molar-refractivity contribution in [2.45, 2.75) is 26.4 Å². The first-order valence-corrected chi connectivity index (χ1v) is 5.79. The number of alkyl carbamates (subject to hydrolysis) is 1. The summed E-state index contributed by atoms with van der Waals surface area (Å²) in [5, 5.41) is 11.1. The standard InChI is InChI=1S/C11H21N3O5/c1-11(2,3)19-10(18)13-4-5-14(6-8(12)15)7-9(16)17/h4-7H2,1-3H3,(H2,12,15)(H,13,18)(H,16,17). The van der Waals surface area contributed by atoms with Crippen LogP contribution in [0.2, 0.25) is 0 Å². The summed E-state index contributed by atoms with van der Waals surface area (Å²) in [7, 11) is 0. The summed E-state index contributed by atoms with van der Waals surface area (Å²) < 4.78 is 5.01. The number of nitrogens with two attached hydrogens (primary N) is 1. The molecular formula is C11H21N3O5. The Bertz CT molecular complexity index is 322. The highest BCUT2D eigenvalue weighted by Gasteiger charge is 2.16. The number of amides is 2. The van der Waals surface area contributed by atoms with Crippen LogP contribution in [-0.2, 0) is 14.3 Å². The molecule has 2 amide bonds. The number of primary amides is 1. The van der Waals surface area contributed by atoms with Gasteiger partial charge in [-0.2, -0.15) is 0 Å². The second kappa shape index (κ2) is 7.57. The van der Waals surface area contributed by atoms with Crippen LogP contribution in [0.25, 0.3) is 0 Å². The van der Waals surface area contributed by atoms with E-state index in [0.717, 1.165) is 0 Å². The van der Waals surface area contributed by atoms with Gasteiger partial charge in [0.05, 0.1) is 13.1 Å². The molecule has 0 spiro atoms. The third-order valence-electron chi connectivity index (χ3n) is 1.83. The summed E-state index contributed by atoms with van der Waals surface area (Å²) in [6.45, 7) is 5.05. The Morgan fingerprint density at radius 2 is 1.84 bits per heavy atom. The van der Waals surface area contributed by atoms with Gasteiger partial charge in [-0.15, -0.1) is 0 Å². The molecule has 0 saturated heterocycles. The zero-order valence-corrected chi connectivity index (χ0v) is 11.4. The van der Waals surface area contributed by atoms with E-state index in [1.54, 1.807) is 20.8 Å². The van der Waals surface area contributed by atoms with Crippen LogP contribution < -0.4 is 11.1 Å². The molecule has 0 aromatic rings. The van der Waals surface area contributed by atoms with E-state index < -0.39 is 23.6 Å². The molecule has 0 heterocycles. The summed E-state index contributed by atoms with van der Waals surface area (Å²) >= 11 is 0. The van der Waals surface area contributed by atoms with Crippen molar-refractivity contribution in [2.75, 3.05) is 26.2 Å². The van der Waals surface area contributed by atoms with Crippen molar-refractivity contribution in [3.63, 3.8) is 0 Å². The molecule has 8 heteroatoms. The van der Waals surface area contributed by atoms with E-state index in [0.29, 0.717) is 0 Å². The van der Waals surface area contributed by atoms with E-state index in [4.69, 9.17) is 15.6 Å². The van der Waals surface area contributed by atoms with Gasteiger partial charge in [-0.05, 0) is 20.8 Å². The second-order valence-corrected chi connectivity index (χ2v) is 5.00. The maximum Gasteiger partial charge on any atom is 0.407 e. The van der Waals surface area contributed by atoms with E-state index in [1.807, 2.05) is 0 Å². The molecule has 0 fully saturated rings. The fourth-order valence-electron chi connectivity index (χ4n) is 1.26. The zero-order valence-electron chi connectivity index (χ0n) is 11.4. The summed E-state index contributed by atoms with van der Waals surface area (Å²) in [6.07, 6.45) is -0.596. The Hall–Kier alpha value is -1.83. The molecular weight excluding hydrogens is 254 g/mol. The first-order chi connectivity index (χ1) is 8.60. The van der Waals surface area contributed by atoms with Crippen molar-refractivity contribution >= 4 is 18.0 Å². The Balaban J connectivity index is 4.07. The summed E-state index contributed by atoms with van der Waals surface area (Å²) in [6, 6.07) is 0. The van der Waals surface area contributed by atoms with Gasteiger partial charge in [0.1, 0.15) is 5.60 Å². The number of nitrogens with zero attached hydrogens (tertiary/aromatic N) is 1. The van der Waals surface area contributed by atoms with Crippen molar-refractivity contribution in [2.24, 2.45) is 5.73 Å². The summed E-state index contributed by atoms with van der Waals surface area (Å²) in [5.74, 6) is -1.70. The Labute approximate surface area is 111 Å². The molecule has 0 bridgehead atoms. The normalized spacial score (nSPS) is 11.2. The summed E-state index contributed by atoms with van der Waals surface area (Å²) in [4.78, 5) is 34.0. The Kier molecular flexibility index (Phi) is 6.84. The maximum atomic E-state index is 11.3. The van der Waals surface area contributed by atoms with Gasteiger partial charge in [-0.3, -0.25) is 14.5 Å². The lowest BCUT2D eigenvalue weighted by atomic mass is 10.2. The third kappa shape index (κ3) is 11.0. The largest absolute Gasteiger partial charge is 0.480 e. The predicted octanol–water partition coefficient (Wildman–Crippen LogP) is -0.617. The van der Waals surface area contributed by atoms with Crippen molar-refractivity contribution in [3.8, 4) is 0 Å². The molecule has 0 aromatic carbocycles. The van der Waals surface area contributed by atoms with Gasteiger partial charge < -0.3 is 20.9 Å². The van der Waals surface area contributed by atoms with Crippen LogP contribution in [0.3, 0.4) is 0 Å². The number of hydrogen-bond donors (Lipinski definition) is 3. The highest BCUT2D eigenvalue weighted by Crippen LogP contribution is 2.06. The molecule has 0 aliphatic carbocycles. The van der Waals surface area contributed by atoms with E-state index in [-0.39, 0.29) is 26.2 Å². The minimum absolute atomic E-state index is 0.162. The van der Waals surface area contributed by atoms with Crippen molar-refractivity contribution in [3.05, 3.63) is 0 Å². The second-order valence-electron chi connectivity index (χ2n) is 5.00. The number of ether oxygens (including phenoxy) is 1. The third-order valence-corrected chi connectivity index (χ3v) is 1.83. The van der Waals surface area contributed by atoms with E-state index >= 15 is 0 Å². The number of carbonyl (C=O) groups is 3. The lowest BCUT2D eigenvalue weighted by molar-refractivity contribution is -0.138. The van der Waals surface area contributed by atoms with Gasteiger partial charge in [0.15, 0.2) is 0 Å². The first kappa shape index (κ1) is 17.2. The number of carbonyl (C=O) groups excluding carboxylic acids is 2. The van der Waals surface area contributed by atoms with Crippen molar-refractivity contribution < 1.29 is 24.2 Å². The molecule has 19 heavy (non-hydrogen) atoms. The summed E-state index contributed by atoms with van der Waals surface area (Å²) in [5.41, 5.74) is 4.40. The molecule has 0 radical (unpaired) electrons. The molecule has 110 valence electrons. The van der Waals surface area contributed by atoms with Gasteiger partial charge >= 0.3 is 12.1 Å². The fourth-order valence-corrected chi connectivity index (χ4v) is 1.26. The molecule has 0 aliphatic heterocycles. The number of nitrogens with one attached hydrogen (secondary N) is 1. The van der Waals surface area contributed by atoms with Gasteiger partial charge in [-0.1, -0.05) is 0 Å². The maximum absolute atomic E-state index is 11.3. The molecule has 0 saturated carbocycles. The molecule has 0 aromatic heterocycles. The first-order valence-electron chi connectivity index (χ1n) is 5.79. The molecule has 0 rings (SSSR count). The van der Waals surface area contributed by atoms with Crippen LogP contribution >= 0.6 is 0 Å². The van der Waals surface area contributed by atoms with Crippen LogP contribution in [0, 0.1) is 0 Å². The minimum atomic E-state index is -1.07. The smallest absolute Gasteiger partial charge is 0.407 e. The lowest BCUT2D eigenvalue weighted by Gasteiger charge is -2.21. The number of aliphatic carboxylic acids is 1. The highest BCUT2D eigenvalue weighted by molar-refractivity contribution is 5.77. The van der Waals surface area contributed by atoms with Gasteiger partial charge in [0.2, 0.25) is 5.91 Å². The van der Waals surface area contributed by atoms with Crippen molar-refractivity contribution in [1.29, 1.82) is 0 Å². The molecule has 4 N–H and O–H groups in total. The number of carboxylic acid groups (broad SMARTS) is 1. The van der Waals surface area contributed by atoms with E-state index in [9.17, 15) is 14.4 Å². The van der Waals surface area contributed by atoms with Crippen molar-refractivity contribution in [1.82, 2.24) is 10.2 Å². The number of rotatable bonds is 7. The average molecular weight is 275 g/mol. The van der Waals surface area contributed by atoms with Crippen LogP contribution in [0.4, 0.5) is 4.79 Å². The predicted molar refractivity (Wildman–Crippen MR) is 67.5 cm³/mol. The highest BCUT2D eigenvalue weighted by atomic mass is 16.6. The number of hydrogen-bond acceptors (Lipinski definition) is 5. The monoisotopic (exact) mass is 275 g/mol. The van der Waals surface area contributed by atoms with Gasteiger partial charge in [0.25, 0.3) is 0 Å². The average Bonchev–Trinajstić information content (AvgIpc) is 2.11. The number of carboxylic acids is 1.